The van der Waals surface area contributed by atoms with Crippen LogP contribution in [0.1, 0.15) is 162 Å². The normalized spacial score (nSPS) is 15.1. The standard InChI is InChI=1S/C44H81N2O6P/c1-6-8-10-12-14-16-18-19-20-21-22-23-24-25-26-27-28-30-32-34-36-38-44(48)45-42(41-52-53(49,50)51-40-39-46(3,4)5)43(47)37-35-33-31-29-17-15-13-11-9-7-2/h8-11,14,16-17,29,35,37,42-43,47H,6-7,12-13,15,18-28,30-34,36,38-41H2,1-5H3,(H-,45,48,49,50)/b10-8-,11-9+,16-14-,29-17+,37-35+. The summed E-state index contributed by atoms with van der Waals surface area (Å²) in [7, 11) is 1.22. The molecule has 0 saturated carbocycles. The van der Waals surface area contributed by atoms with Gasteiger partial charge >= 0.3 is 0 Å². The number of rotatable bonds is 37. The van der Waals surface area contributed by atoms with Gasteiger partial charge in [0.2, 0.25) is 5.91 Å². The molecule has 0 saturated heterocycles. The van der Waals surface area contributed by atoms with Gasteiger partial charge in [-0.1, -0.05) is 152 Å². The maximum atomic E-state index is 12.8. The van der Waals surface area contributed by atoms with Crippen LogP contribution < -0.4 is 10.2 Å². The van der Waals surface area contributed by atoms with E-state index in [1.165, 1.54) is 77.0 Å². The van der Waals surface area contributed by atoms with Gasteiger partial charge in [0, 0.05) is 6.42 Å². The second kappa shape index (κ2) is 35.9. The van der Waals surface area contributed by atoms with Gasteiger partial charge in [-0.25, -0.2) is 0 Å². The van der Waals surface area contributed by atoms with Gasteiger partial charge in [-0.15, -0.1) is 0 Å². The molecule has 0 aromatic carbocycles. The number of nitrogens with one attached hydrogen (secondary N) is 1. The highest BCUT2D eigenvalue weighted by Crippen LogP contribution is 2.38. The van der Waals surface area contributed by atoms with Crippen LogP contribution in [-0.4, -0.2) is 68.5 Å². The zero-order chi connectivity index (χ0) is 39.3. The first-order valence-corrected chi connectivity index (χ1v) is 22.6. The van der Waals surface area contributed by atoms with Crippen molar-refractivity contribution in [2.24, 2.45) is 0 Å². The molecular formula is C44H81N2O6P. The number of phosphoric acid groups is 1. The second-order valence-corrected chi connectivity index (χ2v) is 16.7. The Hall–Kier alpha value is -1.80. The van der Waals surface area contributed by atoms with E-state index in [4.69, 9.17) is 9.05 Å². The summed E-state index contributed by atoms with van der Waals surface area (Å²) in [6.07, 6.45) is 45.7. The highest BCUT2D eigenvalue weighted by Gasteiger charge is 2.23. The first-order chi connectivity index (χ1) is 25.5. The number of phosphoric ester groups is 1. The zero-order valence-electron chi connectivity index (χ0n) is 34.7. The monoisotopic (exact) mass is 765 g/mol. The average molecular weight is 765 g/mol. The summed E-state index contributed by atoms with van der Waals surface area (Å²) in [6, 6.07) is -0.908. The lowest BCUT2D eigenvalue weighted by atomic mass is 10.0. The molecule has 0 bridgehead atoms. The predicted molar refractivity (Wildman–Crippen MR) is 224 cm³/mol. The molecule has 0 aliphatic carbocycles. The van der Waals surface area contributed by atoms with E-state index in [1.54, 1.807) is 6.08 Å². The number of amides is 1. The summed E-state index contributed by atoms with van der Waals surface area (Å²) in [5, 5.41) is 13.7. The molecule has 3 atom stereocenters. The van der Waals surface area contributed by atoms with Gasteiger partial charge in [0.1, 0.15) is 13.2 Å². The van der Waals surface area contributed by atoms with Gasteiger partial charge in [-0.2, -0.15) is 0 Å². The number of quaternary nitrogens is 1. The molecule has 0 heterocycles. The lowest BCUT2D eigenvalue weighted by Crippen LogP contribution is -2.45. The molecule has 9 heteroatoms. The van der Waals surface area contributed by atoms with Crippen molar-refractivity contribution >= 4 is 13.7 Å². The van der Waals surface area contributed by atoms with Crippen molar-refractivity contribution in [1.82, 2.24) is 5.32 Å². The van der Waals surface area contributed by atoms with Crippen molar-refractivity contribution in [2.75, 3.05) is 40.9 Å². The fourth-order valence-electron chi connectivity index (χ4n) is 5.64. The van der Waals surface area contributed by atoms with E-state index in [2.05, 4.69) is 67.8 Å². The minimum absolute atomic E-state index is 0.0111. The highest BCUT2D eigenvalue weighted by atomic mass is 31.2. The van der Waals surface area contributed by atoms with Crippen LogP contribution in [-0.2, 0) is 18.4 Å². The molecule has 2 N–H and O–H groups in total. The summed E-state index contributed by atoms with van der Waals surface area (Å²) in [5.74, 6) is -0.218. The van der Waals surface area contributed by atoms with E-state index in [9.17, 15) is 19.4 Å². The van der Waals surface area contributed by atoms with E-state index in [-0.39, 0.29) is 12.5 Å². The van der Waals surface area contributed by atoms with Gasteiger partial charge in [-0.05, 0) is 64.2 Å². The third kappa shape index (κ3) is 38.3. The summed E-state index contributed by atoms with van der Waals surface area (Å²) < 4.78 is 23.1. The Morgan fingerprint density at radius 3 is 1.66 bits per heavy atom. The van der Waals surface area contributed by atoms with E-state index in [0.29, 0.717) is 17.4 Å². The van der Waals surface area contributed by atoms with Gasteiger partial charge in [0.15, 0.2) is 0 Å². The van der Waals surface area contributed by atoms with E-state index >= 15 is 0 Å². The Balaban J connectivity index is 4.32. The number of carbonyl (C=O) groups is 1. The van der Waals surface area contributed by atoms with Crippen LogP contribution >= 0.6 is 7.82 Å². The van der Waals surface area contributed by atoms with Crippen molar-refractivity contribution in [3.05, 3.63) is 60.8 Å². The largest absolute Gasteiger partial charge is 0.756 e. The molecule has 53 heavy (non-hydrogen) atoms. The molecular weight excluding hydrogens is 683 g/mol. The highest BCUT2D eigenvalue weighted by molar-refractivity contribution is 7.45. The number of nitrogens with zero attached hydrogens (tertiary/aromatic N) is 1. The molecule has 0 fully saturated rings. The Bertz CT molecular complexity index is 1050. The maximum absolute atomic E-state index is 12.8. The minimum Gasteiger partial charge on any atom is -0.756 e. The topological polar surface area (TPSA) is 108 Å². The Labute approximate surface area is 326 Å². The molecule has 0 aromatic heterocycles. The Morgan fingerprint density at radius 2 is 1.11 bits per heavy atom. The van der Waals surface area contributed by atoms with Crippen molar-refractivity contribution in [2.45, 2.75) is 174 Å². The fraction of sp³-hybridized carbons (Fsp3) is 0.750. The molecule has 1 amide bonds. The molecule has 8 nitrogen and oxygen atoms in total. The van der Waals surface area contributed by atoms with Crippen LogP contribution in [0.4, 0.5) is 0 Å². The number of allylic oxidation sites excluding steroid dienone is 9. The summed E-state index contributed by atoms with van der Waals surface area (Å²) in [6.45, 7) is 4.37. The lowest BCUT2D eigenvalue weighted by Gasteiger charge is -2.29. The van der Waals surface area contributed by atoms with Crippen LogP contribution in [0.5, 0.6) is 0 Å². The average Bonchev–Trinajstić information content (AvgIpc) is 3.10. The van der Waals surface area contributed by atoms with Crippen molar-refractivity contribution in [3.8, 4) is 0 Å². The van der Waals surface area contributed by atoms with Crippen molar-refractivity contribution < 1.29 is 32.9 Å². The van der Waals surface area contributed by atoms with E-state index in [0.717, 1.165) is 64.2 Å². The van der Waals surface area contributed by atoms with Gasteiger partial charge in [0.05, 0.1) is 39.9 Å². The third-order valence-electron chi connectivity index (χ3n) is 8.95. The summed E-state index contributed by atoms with van der Waals surface area (Å²) >= 11 is 0. The first-order valence-electron chi connectivity index (χ1n) is 21.2. The second-order valence-electron chi connectivity index (χ2n) is 15.3. The number of carbonyl (C=O) groups excluding carboxylic acids is 1. The van der Waals surface area contributed by atoms with Crippen LogP contribution in [0.15, 0.2) is 60.8 Å². The number of likely N-dealkylation sites (N-methyl/N-ethyl adjacent to an activating group) is 1. The number of aliphatic hydroxyl groups is 1. The van der Waals surface area contributed by atoms with Crippen LogP contribution in [0.3, 0.4) is 0 Å². The lowest BCUT2D eigenvalue weighted by molar-refractivity contribution is -0.870. The van der Waals surface area contributed by atoms with Crippen LogP contribution in [0.2, 0.25) is 0 Å². The molecule has 0 aliphatic rings. The number of unbranched alkanes of at least 4 members (excludes halogenated alkanes) is 16. The number of aliphatic hydroxyl groups excluding tert-OH is 1. The molecule has 0 rings (SSSR count). The third-order valence-corrected chi connectivity index (χ3v) is 9.91. The maximum Gasteiger partial charge on any atom is 0.268 e. The fourth-order valence-corrected chi connectivity index (χ4v) is 6.36. The number of hydrogen-bond acceptors (Lipinski definition) is 6. The smallest absolute Gasteiger partial charge is 0.268 e. The SMILES string of the molecule is CC/C=C\C/C=C\CCCCCCCCCCCCCCCCC(=O)NC(COP(=O)([O-])OCC[N+](C)(C)C)C(O)/C=C/CC/C=C/CC/C=C/CC. The van der Waals surface area contributed by atoms with Gasteiger partial charge in [-0.3, -0.25) is 9.36 Å². The van der Waals surface area contributed by atoms with Crippen molar-refractivity contribution in [1.29, 1.82) is 0 Å². The molecule has 3 unspecified atom stereocenters. The Morgan fingerprint density at radius 1 is 0.660 bits per heavy atom. The zero-order valence-corrected chi connectivity index (χ0v) is 35.6. The van der Waals surface area contributed by atoms with Gasteiger partial charge < -0.3 is 28.8 Å². The van der Waals surface area contributed by atoms with Crippen LogP contribution in [0, 0.1) is 0 Å². The Kier molecular flexibility index (Phi) is 34.7. The van der Waals surface area contributed by atoms with E-state index < -0.39 is 26.6 Å². The predicted octanol–water partition coefficient (Wildman–Crippen LogP) is 10.8. The summed E-state index contributed by atoms with van der Waals surface area (Å²) in [5.41, 5.74) is 0. The van der Waals surface area contributed by atoms with E-state index in [1.807, 2.05) is 27.2 Å². The van der Waals surface area contributed by atoms with Crippen molar-refractivity contribution in [3.63, 3.8) is 0 Å². The molecule has 0 radical (unpaired) electrons. The minimum atomic E-state index is -4.59. The molecule has 0 aliphatic heterocycles. The number of hydrogen-bond donors (Lipinski definition) is 2. The first kappa shape index (κ1) is 51.2. The van der Waals surface area contributed by atoms with Crippen LogP contribution in [0.25, 0.3) is 0 Å². The van der Waals surface area contributed by atoms with Gasteiger partial charge in [0.25, 0.3) is 7.82 Å². The molecule has 0 spiro atoms. The molecule has 0 aromatic rings. The molecule has 308 valence electrons. The summed E-state index contributed by atoms with van der Waals surface area (Å²) in [4.78, 5) is 25.2. The quantitative estimate of drug-likeness (QED) is 0.0282.